The van der Waals surface area contributed by atoms with E-state index in [-0.39, 0.29) is 17.9 Å². The number of aryl methyl sites for hydroxylation is 2. The Morgan fingerprint density at radius 2 is 1.72 bits per heavy atom. The molecule has 1 aromatic carbocycles. The number of rotatable bonds is 5. The number of hydrogen-bond acceptors (Lipinski definition) is 4. The van der Waals surface area contributed by atoms with Crippen molar-refractivity contribution in [2.24, 2.45) is 0 Å². The number of likely N-dealkylation sites (tertiary alicyclic amines) is 1. The number of amides is 2. The summed E-state index contributed by atoms with van der Waals surface area (Å²) in [6.07, 6.45) is 4.90. The maximum atomic E-state index is 13.4. The van der Waals surface area contributed by atoms with E-state index in [4.69, 9.17) is 0 Å². The predicted octanol–water partition coefficient (Wildman–Crippen LogP) is 2.70. The van der Waals surface area contributed by atoms with Crippen molar-refractivity contribution in [1.29, 1.82) is 0 Å². The third kappa shape index (κ3) is 4.48. The molecule has 2 aliphatic rings. The molecule has 0 spiro atoms. The first-order valence-electron chi connectivity index (χ1n) is 10.8. The molecule has 6 heteroatoms. The molecule has 0 unspecified atom stereocenters. The molecule has 1 saturated carbocycles. The van der Waals surface area contributed by atoms with E-state index in [1.807, 2.05) is 46.1 Å². The van der Waals surface area contributed by atoms with Gasteiger partial charge in [-0.3, -0.25) is 19.4 Å². The molecule has 1 aliphatic heterocycles. The van der Waals surface area contributed by atoms with Crippen LogP contribution >= 0.6 is 0 Å². The van der Waals surface area contributed by atoms with Crippen molar-refractivity contribution >= 4 is 17.5 Å². The average molecular weight is 401 g/mol. The Morgan fingerprint density at radius 1 is 1.10 bits per heavy atom. The second-order valence-electron chi connectivity index (χ2n) is 8.99. The molecule has 1 aromatic rings. The van der Waals surface area contributed by atoms with Crippen molar-refractivity contribution in [2.75, 3.05) is 32.5 Å². The number of carbonyl (C=O) groups is 2. The first-order valence-corrected chi connectivity index (χ1v) is 10.8. The van der Waals surface area contributed by atoms with Crippen LogP contribution in [0.15, 0.2) is 18.2 Å². The zero-order chi connectivity index (χ0) is 21.2. The number of benzene rings is 1. The van der Waals surface area contributed by atoms with E-state index in [0.29, 0.717) is 6.04 Å². The van der Waals surface area contributed by atoms with Gasteiger partial charge in [-0.05, 0) is 71.2 Å². The number of anilines is 1. The summed E-state index contributed by atoms with van der Waals surface area (Å²) in [4.78, 5) is 29.6. The number of nitrogens with one attached hydrogen (secondary N) is 2. The normalized spacial score (nSPS) is 24.5. The molecule has 2 atom stereocenters. The highest BCUT2D eigenvalue weighted by molar-refractivity contribution is 5.99. The molecule has 2 amide bonds. The quantitative estimate of drug-likeness (QED) is 0.798. The van der Waals surface area contributed by atoms with Crippen molar-refractivity contribution < 1.29 is 9.59 Å². The highest BCUT2D eigenvalue weighted by Gasteiger charge is 2.46. The zero-order valence-electron chi connectivity index (χ0n) is 18.5. The van der Waals surface area contributed by atoms with Crippen molar-refractivity contribution in [3.05, 3.63) is 29.3 Å². The van der Waals surface area contributed by atoms with Crippen LogP contribution in [0.5, 0.6) is 0 Å². The lowest BCUT2D eigenvalue weighted by Gasteiger charge is -2.47. The van der Waals surface area contributed by atoms with Crippen LogP contribution in [0, 0.1) is 13.8 Å². The number of hydrogen-bond donors (Lipinski definition) is 2. The Labute approximate surface area is 175 Å². The fourth-order valence-corrected chi connectivity index (χ4v) is 5.15. The van der Waals surface area contributed by atoms with E-state index < -0.39 is 5.54 Å². The third-order valence-corrected chi connectivity index (χ3v) is 6.96. The molecule has 1 heterocycles. The van der Waals surface area contributed by atoms with Crippen molar-refractivity contribution in [3.8, 4) is 0 Å². The Bertz CT molecular complexity index is 733. The molecule has 3 rings (SSSR count). The van der Waals surface area contributed by atoms with Gasteiger partial charge in [0.2, 0.25) is 11.8 Å². The minimum absolute atomic E-state index is 0.0505. The van der Waals surface area contributed by atoms with Gasteiger partial charge in [0.1, 0.15) is 5.54 Å². The summed E-state index contributed by atoms with van der Waals surface area (Å²) in [6.45, 7) is 7.42. The molecule has 1 saturated heterocycles. The topological polar surface area (TPSA) is 64.7 Å². The number of likely N-dealkylation sites (N-methyl/N-ethyl adjacent to an activating group) is 1. The number of piperidine rings is 1. The monoisotopic (exact) mass is 400 g/mol. The summed E-state index contributed by atoms with van der Waals surface area (Å²) in [6, 6.07) is 6.72. The highest BCUT2D eigenvalue weighted by Crippen LogP contribution is 2.34. The molecular weight excluding hydrogens is 364 g/mol. The first kappa shape index (κ1) is 21.8. The maximum Gasteiger partial charge on any atom is 0.244 e. The van der Waals surface area contributed by atoms with Crippen molar-refractivity contribution in [3.63, 3.8) is 0 Å². The van der Waals surface area contributed by atoms with Crippen LogP contribution < -0.4 is 10.6 Å². The Balaban J connectivity index is 1.71. The minimum atomic E-state index is -0.507. The molecule has 0 radical (unpaired) electrons. The second-order valence-corrected chi connectivity index (χ2v) is 8.99. The second kappa shape index (κ2) is 8.84. The van der Waals surface area contributed by atoms with Gasteiger partial charge in [-0.2, -0.15) is 0 Å². The summed E-state index contributed by atoms with van der Waals surface area (Å²) in [5, 5.41) is 6.36. The molecule has 2 N–H and O–H groups in total. The van der Waals surface area contributed by atoms with E-state index in [9.17, 15) is 9.59 Å². The van der Waals surface area contributed by atoms with Crippen LogP contribution in [-0.4, -0.2) is 66.4 Å². The Kier molecular flexibility index (Phi) is 6.64. The average Bonchev–Trinajstić information content (AvgIpc) is 3.12. The molecule has 160 valence electrons. The summed E-state index contributed by atoms with van der Waals surface area (Å²) in [7, 11) is 4.02. The Hall–Kier alpha value is -1.92. The molecule has 0 aromatic heterocycles. The van der Waals surface area contributed by atoms with E-state index in [1.165, 1.54) is 0 Å². The first-order chi connectivity index (χ1) is 13.7. The van der Waals surface area contributed by atoms with Crippen molar-refractivity contribution in [2.45, 2.75) is 70.5 Å². The number of para-hydroxylation sites is 1. The zero-order valence-corrected chi connectivity index (χ0v) is 18.5. The molecule has 1 aliphatic carbocycles. The van der Waals surface area contributed by atoms with Gasteiger partial charge >= 0.3 is 0 Å². The van der Waals surface area contributed by atoms with Gasteiger partial charge in [-0.15, -0.1) is 0 Å². The lowest BCUT2D eigenvalue weighted by Crippen LogP contribution is -2.62. The van der Waals surface area contributed by atoms with Crippen LogP contribution in [0.3, 0.4) is 0 Å². The summed E-state index contributed by atoms with van der Waals surface area (Å²) in [5.74, 6) is 0.138. The fourth-order valence-electron chi connectivity index (χ4n) is 5.15. The van der Waals surface area contributed by atoms with E-state index >= 15 is 0 Å². The molecule has 6 nitrogen and oxygen atoms in total. The van der Waals surface area contributed by atoms with Gasteiger partial charge in [0, 0.05) is 37.8 Å². The fraction of sp³-hybridized carbons (Fsp3) is 0.652. The van der Waals surface area contributed by atoms with Gasteiger partial charge in [0.05, 0.1) is 0 Å². The van der Waals surface area contributed by atoms with E-state index in [2.05, 4.69) is 20.4 Å². The van der Waals surface area contributed by atoms with E-state index in [0.717, 1.165) is 62.0 Å². The van der Waals surface area contributed by atoms with Gasteiger partial charge < -0.3 is 10.6 Å². The summed E-state index contributed by atoms with van der Waals surface area (Å²) >= 11 is 0. The summed E-state index contributed by atoms with van der Waals surface area (Å²) < 4.78 is 0. The lowest BCUT2D eigenvalue weighted by molar-refractivity contribution is -0.130. The SMILES string of the molecule is CC(=O)N[C@@H]1CCC[C@H]1N1CCC(C(=O)Nc2c(C)cccc2C)(N(C)C)CC1. The maximum absolute atomic E-state index is 13.4. The standard InChI is InChI=1S/C23H36N4O2/c1-16-8-6-9-17(2)21(16)25-22(29)23(26(4)5)12-14-27(15-13-23)20-11-7-10-19(20)24-18(3)28/h6,8-9,19-20H,7,10-15H2,1-5H3,(H,24,28)(H,25,29)/t19-,20-/m1/s1. The molecule has 29 heavy (non-hydrogen) atoms. The van der Waals surface area contributed by atoms with Gasteiger partial charge in [-0.1, -0.05) is 18.2 Å². The van der Waals surface area contributed by atoms with Crippen molar-refractivity contribution in [1.82, 2.24) is 15.1 Å². The largest absolute Gasteiger partial charge is 0.352 e. The smallest absolute Gasteiger partial charge is 0.244 e. The molecule has 0 bridgehead atoms. The van der Waals surface area contributed by atoms with Crippen LogP contribution in [0.4, 0.5) is 5.69 Å². The number of carbonyl (C=O) groups excluding carboxylic acids is 2. The van der Waals surface area contributed by atoms with Gasteiger partial charge in [0.15, 0.2) is 0 Å². The molecular formula is C23H36N4O2. The summed E-state index contributed by atoms with van der Waals surface area (Å²) in [5.41, 5.74) is 2.61. The van der Waals surface area contributed by atoms with Gasteiger partial charge in [-0.25, -0.2) is 0 Å². The van der Waals surface area contributed by atoms with Gasteiger partial charge in [0.25, 0.3) is 0 Å². The number of nitrogens with zero attached hydrogens (tertiary/aromatic N) is 2. The lowest BCUT2D eigenvalue weighted by atomic mass is 9.84. The van der Waals surface area contributed by atoms with Crippen LogP contribution in [0.1, 0.15) is 50.2 Å². The van der Waals surface area contributed by atoms with Crippen LogP contribution in [0.2, 0.25) is 0 Å². The predicted molar refractivity (Wildman–Crippen MR) is 117 cm³/mol. The Morgan fingerprint density at radius 3 is 2.28 bits per heavy atom. The third-order valence-electron chi connectivity index (χ3n) is 6.96. The van der Waals surface area contributed by atoms with E-state index in [1.54, 1.807) is 6.92 Å². The molecule has 2 fully saturated rings. The van der Waals surface area contributed by atoms with Crippen LogP contribution in [0.25, 0.3) is 0 Å². The minimum Gasteiger partial charge on any atom is -0.352 e. The van der Waals surface area contributed by atoms with Crippen LogP contribution in [-0.2, 0) is 9.59 Å². The highest BCUT2D eigenvalue weighted by atomic mass is 16.2.